The number of para-hydroxylation sites is 1. The number of hydrogen-bond donors (Lipinski definition) is 0. The van der Waals surface area contributed by atoms with Crippen molar-refractivity contribution < 1.29 is 9.34 Å². The molecule has 0 unspecified atom stereocenters. The number of nitro benzene ring substituents is 1. The Hall–Kier alpha value is -1.89. The van der Waals surface area contributed by atoms with E-state index in [0.29, 0.717) is 5.76 Å². The normalized spacial score (nSPS) is 10.8. The predicted molar refractivity (Wildman–Crippen MR) is 81.0 cm³/mol. The topological polar surface area (TPSA) is 56.3 Å². The standard InChI is InChI=1S/C14H8INO3/c15-13-11-6-1-2-7-12(11)19-14(13)9-4-3-5-10(8-9)16(17)18/h1-8H. The summed E-state index contributed by atoms with van der Waals surface area (Å²) in [6, 6.07) is 14.2. The summed E-state index contributed by atoms with van der Waals surface area (Å²) in [5.41, 5.74) is 1.57. The number of nitrogens with zero attached hydrogens (tertiary/aromatic N) is 1. The number of benzene rings is 2. The minimum atomic E-state index is -0.404. The molecule has 0 amide bonds. The fraction of sp³-hybridized carbons (Fsp3) is 0. The first-order valence-corrected chi connectivity index (χ1v) is 6.66. The van der Waals surface area contributed by atoms with Gasteiger partial charge in [-0.2, -0.15) is 0 Å². The quantitative estimate of drug-likeness (QED) is 0.379. The van der Waals surface area contributed by atoms with E-state index in [2.05, 4.69) is 22.6 Å². The van der Waals surface area contributed by atoms with Gasteiger partial charge in [0.25, 0.3) is 5.69 Å². The molecule has 0 radical (unpaired) electrons. The molecule has 0 saturated heterocycles. The lowest BCUT2D eigenvalue weighted by molar-refractivity contribution is -0.384. The van der Waals surface area contributed by atoms with E-state index in [1.807, 2.05) is 30.3 Å². The number of rotatable bonds is 2. The zero-order valence-electron chi connectivity index (χ0n) is 9.67. The molecule has 3 aromatic rings. The van der Waals surface area contributed by atoms with Crippen molar-refractivity contribution in [2.75, 3.05) is 0 Å². The van der Waals surface area contributed by atoms with Crippen LogP contribution >= 0.6 is 22.6 Å². The SMILES string of the molecule is O=[N+]([O-])c1cccc(-c2oc3ccccc3c2I)c1. The molecule has 94 valence electrons. The second-order valence-corrected chi connectivity index (χ2v) is 5.13. The average Bonchev–Trinajstić information content (AvgIpc) is 2.77. The van der Waals surface area contributed by atoms with E-state index in [1.54, 1.807) is 6.07 Å². The minimum Gasteiger partial charge on any atom is -0.455 e. The highest BCUT2D eigenvalue weighted by atomic mass is 127. The molecule has 1 aromatic heterocycles. The van der Waals surface area contributed by atoms with E-state index in [-0.39, 0.29) is 5.69 Å². The highest BCUT2D eigenvalue weighted by Gasteiger charge is 2.15. The van der Waals surface area contributed by atoms with Gasteiger partial charge in [-0.25, -0.2) is 0 Å². The third-order valence-corrected chi connectivity index (χ3v) is 3.93. The van der Waals surface area contributed by atoms with Gasteiger partial charge in [-0.1, -0.05) is 30.3 Å². The maximum atomic E-state index is 10.8. The fourth-order valence-corrected chi connectivity index (χ4v) is 2.83. The molecule has 4 nitrogen and oxygen atoms in total. The monoisotopic (exact) mass is 365 g/mol. The Morgan fingerprint density at radius 1 is 1.11 bits per heavy atom. The van der Waals surface area contributed by atoms with Crippen LogP contribution in [-0.2, 0) is 0 Å². The van der Waals surface area contributed by atoms with Gasteiger partial charge in [0.05, 0.1) is 8.49 Å². The third kappa shape index (κ3) is 2.10. The van der Waals surface area contributed by atoms with Crippen molar-refractivity contribution in [3.8, 4) is 11.3 Å². The number of fused-ring (bicyclic) bond motifs is 1. The first-order chi connectivity index (χ1) is 9.16. The van der Waals surface area contributed by atoms with Gasteiger partial charge in [0.1, 0.15) is 11.3 Å². The van der Waals surface area contributed by atoms with Gasteiger partial charge in [-0.05, 0) is 28.7 Å². The lowest BCUT2D eigenvalue weighted by Crippen LogP contribution is -1.88. The third-order valence-electron chi connectivity index (χ3n) is 2.85. The summed E-state index contributed by atoms with van der Waals surface area (Å²) in [6.07, 6.45) is 0. The van der Waals surface area contributed by atoms with Crippen LogP contribution in [0.5, 0.6) is 0 Å². The predicted octanol–water partition coefficient (Wildman–Crippen LogP) is 4.61. The summed E-state index contributed by atoms with van der Waals surface area (Å²) < 4.78 is 6.76. The van der Waals surface area contributed by atoms with Gasteiger partial charge in [0.2, 0.25) is 0 Å². The van der Waals surface area contributed by atoms with E-state index >= 15 is 0 Å². The lowest BCUT2D eigenvalue weighted by atomic mass is 10.1. The molecule has 19 heavy (non-hydrogen) atoms. The van der Waals surface area contributed by atoms with Gasteiger partial charge < -0.3 is 4.42 Å². The highest BCUT2D eigenvalue weighted by molar-refractivity contribution is 14.1. The van der Waals surface area contributed by atoms with Crippen LogP contribution in [0.4, 0.5) is 5.69 Å². The van der Waals surface area contributed by atoms with E-state index in [9.17, 15) is 10.1 Å². The van der Waals surface area contributed by atoms with Crippen LogP contribution in [0.15, 0.2) is 52.9 Å². The Morgan fingerprint density at radius 2 is 1.89 bits per heavy atom. The summed E-state index contributed by atoms with van der Waals surface area (Å²) in [6.45, 7) is 0. The molecule has 1 heterocycles. The molecule has 0 N–H and O–H groups in total. The smallest absolute Gasteiger partial charge is 0.270 e. The summed E-state index contributed by atoms with van der Waals surface area (Å²) in [7, 11) is 0. The molecule has 5 heteroatoms. The number of halogens is 1. The van der Waals surface area contributed by atoms with Crippen LogP contribution in [0.3, 0.4) is 0 Å². The molecule has 0 fully saturated rings. The minimum absolute atomic E-state index is 0.0637. The van der Waals surface area contributed by atoms with Crippen LogP contribution in [0.2, 0.25) is 0 Å². The zero-order valence-corrected chi connectivity index (χ0v) is 11.8. The molecule has 0 aliphatic heterocycles. The molecular formula is C14H8INO3. The first kappa shape index (κ1) is 12.2. The van der Waals surface area contributed by atoms with Crippen LogP contribution < -0.4 is 0 Å². The summed E-state index contributed by atoms with van der Waals surface area (Å²) >= 11 is 2.20. The van der Waals surface area contributed by atoms with Gasteiger partial charge in [-0.15, -0.1) is 0 Å². The van der Waals surface area contributed by atoms with Crippen LogP contribution in [-0.4, -0.2) is 4.92 Å². The van der Waals surface area contributed by atoms with Crippen molar-refractivity contribution in [1.29, 1.82) is 0 Å². The number of hydrogen-bond acceptors (Lipinski definition) is 3. The maximum absolute atomic E-state index is 10.8. The van der Waals surface area contributed by atoms with E-state index in [1.165, 1.54) is 12.1 Å². The fourth-order valence-electron chi connectivity index (χ4n) is 1.96. The van der Waals surface area contributed by atoms with Gasteiger partial charge in [-0.3, -0.25) is 10.1 Å². The van der Waals surface area contributed by atoms with E-state index < -0.39 is 4.92 Å². The summed E-state index contributed by atoms with van der Waals surface area (Å²) in [5.74, 6) is 0.672. The summed E-state index contributed by atoms with van der Waals surface area (Å²) in [5, 5.41) is 11.8. The zero-order chi connectivity index (χ0) is 13.4. The molecule has 0 spiro atoms. The van der Waals surface area contributed by atoms with Crippen LogP contribution in [0, 0.1) is 13.7 Å². The van der Waals surface area contributed by atoms with Crippen LogP contribution in [0.1, 0.15) is 0 Å². The first-order valence-electron chi connectivity index (χ1n) is 5.58. The van der Waals surface area contributed by atoms with Gasteiger partial charge >= 0.3 is 0 Å². The maximum Gasteiger partial charge on any atom is 0.270 e. The molecular weight excluding hydrogens is 357 g/mol. The van der Waals surface area contributed by atoms with Crippen molar-refractivity contribution in [1.82, 2.24) is 0 Å². The van der Waals surface area contributed by atoms with Crippen molar-refractivity contribution in [2.24, 2.45) is 0 Å². The number of furan rings is 1. The van der Waals surface area contributed by atoms with E-state index in [0.717, 1.165) is 20.1 Å². The lowest BCUT2D eigenvalue weighted by Gasteiger charge is -1.98. The second kappa shape index (κ2) is 4.65. The molecule has 0 bridgehead atoms. The van der Waals surface area contributed by atoms with Crippen molar-refractivity contribution in [3.63, 3.8) is 0 Å². The Kier molecular flexibility index (Phi) is 2.98. The van der Waals surface area contributed by atoms with E-state index in [4.69, 9.17) is 4.42 Å². The summed E-state index contributed by atoms with van der Waals surface area (Å²) in [4.78, 5) is 10.4. The average molecular weight is 365 g/mol. The number of nitro groups is 1. The second-order valence-electron chi connectivity index (χ2n) is 4.05. The number of non-ortho nitro benzene ring substituents is 1. The van der Waals surface area contributed by atoms with Crippen molar-refractivity contribution in [3.05, 3.63) is 62.2 Å². The van der Waals surface area contributed by atoms with Gasteiger partial charge in [0, 0.05) is 23.1 Å². The Bertz CT molecular complexity index is 779. The highest BCUT2D eigenvalue weighted by Crippen LogP contribution is 2.35. The molecule has 2 aromatic carbocycles. The molecule has 0 saturated carbocycles. The Balaban J connectivity index is 2.21. The Morgan fingerprint density at radius 3 is 2.63 bits per heavy atom. The molecule has 3 rings (SSSR count). The Labute approximate surface area is 122 Å². The molecule has 0 atom stereocenters. The van der Waals surface area contributed by atoms with Crippen molar-refractivity contribution >= 4 is 39.2 Å². The van der Waals surface area contributed by atoms with Gasteiger partial charge in [0.15, 0.2) is 0 Å². The van der Waals surface area contributed by atoms with Crippen molar-refractivity contribution in [2.45, 2.75) is 0 Å². The largest absolute Gasteiger partial charge is 0.455 e. The van der Waals surface area contributed by atoms with Crippen LogP contribution in [0.25, 0.3) is 22.3 Å². The molecule has 0 aliphatic rings. The molecule has 0 aliphatic carbocycles.